The summed E-state index contributed by atoms with van der Waals surface area (Å²) in [6.07, 6.45) is 2.03. The normalized spacial score (nSPS) is 14.3. The van der Waals surface area contributed by atoms with E-state index in [0.717, 1.165) is 16.5 Å². The van der Waals surface area contributed by atoms with Crippen LogP contribution in [0.2, 0.25) is 0 Å². The predicted molar refractivity (Wildman–Crippen MR) is 114 cm³/mol. The SMILES string of the molecule is O=C(Cc1c[nH]c2ccccc12)Nc1c(C(=O)N2CCOCC2)oc2ccccc12. The molecule has 0 spiro atoms. The van der Waals surface area contributed by atoms with Crippen LogP contribution < -0.4 is 5.32 Å². The maximum atomic E-state index is 13.1. The van der Waals surface area contributed by atoms with Crippen molar-refractivity contribution in [3.8, 4) is 0 Å². The van der Waals surface area contributed by atoms with E-state index in [1.807, 2.05) is 48.7 Å². The summed E-state index contributed by atoms with van der Waals surface area (Å²) >= 11 is 0. The third-order valence-electron chi connectivity index (χ3n) is 5.38. The van der Waals surface area contributed by atoms with Gasteiger partial charge in [-0.2, -0.15) is 0 Å². The number of carbonyl (C=O) groups excluding carboxylic acids is 2. The second kappa shape index (κ2) is 7.68. The molecule has 152 valence electrons. The summed E-state index contributed by atoms with van der Waals surface area (Å²) in [6.45, 7) is 1.99. The minimum absolute atomic E-state index is 0.158. The molecule has 2 aromatic heterocycles. The van der Waals surface area contributed by atoms with E-state index < -0.39 is 0 Å². The highest BCUT2D eigenvalue weighted by atomic mass is 16.5. The lowest BCUT2D eigenvalue weighted by atomic mass is 10.1. The van der Waals surface area contributed by atoms with Gasteiger partial charge in [-0.15, -0.1) is 0 Å². The highest BCUT2D eigenvalue weighted by Crippen LogP contribution is 2.32. The Balaban J connectivity index is 1.45. The molecule has 2 N–H and O–H groups in total. The highest BCUT2D eigenvalue weighted by molar-refractivity contribution is 6.11. The molecule has 4 aromatic rings. The number of para-hydroxylation sites is 2. The van der Waals surface area contributed by atoms with Gasteiger partial charge in [-0.1, -0.05) is 30.3 Å². The van der Waals surface area contributed by atoms with Gasteiger partial charge in [-0.25, -0.2) is 0 Å². The number of benzene rings is 2. The number of hydrogen-bond acceptors (Lipinski definition) is 4. The van der Waals surface area contributed by atoms with Crippen LogP contribution in [-0.2, 0) is 16.0 Å². The lowest BCUT2D eigenvalue weighted by molar-refractivity contribution is -0.115. The number of fused-ring (bicyclic) bond motifs is 2. The van der Waals surface area contributed by atoms with Gasteiger partial charge in [0, 0.05) is 35.6 Å². The number of aromatic nitrogens is 1. The van der Waals surface area contributed by atoms with E-state index in [-0.39, 0.29) is 24.0 Å². The van der Waals surface area contributed by atoms with Crippen LogP contribution in [0.3, 0.4) is 0 Å². The number of ether oxygens (including phenoxy) is 1. The van der Waals surface area contributed by atoms with Gasteiger partial charge in [0.2, 0.25) is 11.7 Å². The average Bonchev–Trinajstić information content (AvgIpc) is 3.36. The molecule has 0 unspecified atom stereocenters. The predicted octanol–water partition coefficient (Wildman–Crippen LogP) is 3.57. The largest absolute Gasteiger partial charge is 0.449 e. The van der Waals surface area contributed by atoms with Crippen molar-refractivity contribution >= 4 is 39.4 Å². The summed E-state index contributed by atoms with van der Waals surface area (Å²) in [5.74, 6) is -0.287. The van der Waals surface area contributed by atoms with Crippen molar-refractivity contribution in [2.45, 2.75) is 6.42 Å². The number of nitrogens with zero attached hydrogens (tertiary/aromatic N) is 1. The van der Waals surface area contributed by atoms with E-state index in [0.29, 0.717) is 43.0 Å². The number of morpholine rings is 1. The number of hydrogen-bond donors (Lipinski definition) is 2. The number of aromatic amines is 1. The van der Waals surface area contributed by atoms with Crippen molar-refractivity contribution in [2.75, 3.05) is 31.6 Å². The zero-order valence-electron chi connectivity index (χ0n) is 16.3. The first kappa shape index (κ1) is 18.4. The summed E-state index contributed by atoms with van der Waals surface area (Å²) < 4.78 is 11.2. The van der Waals surface area contributed by atoms with Gasteiger partial charge >= 0.3 is 0 Å². The molecular weight excluding hydrogens is 382 g/mol. The Bertz CT molecular complexity index is 1230. The van der Waals surface area contributed by atoms with Crippen LogP contribution in [-0.4, -0.2) is 48.0 Å². The molecule has 7 nitrogen and oxygen atoms in total. The van der Waals surface area contributed by atoms with Gasteiger partial charge in [0.25, 0.3) is 5.91 Å². The molecule has 0 saturated carbocycles. The fraction of sp³-hybridized carbons (Fsp3) is 0.217. The summed E-state index contributed by atoms with van der Waals surface area (Å²) in [6, 6.07) is 15.2. The highest BCUT2D eigenvalue weighted by Gasteiger charge is 2.27. The molecule has 1 saturated heterocycles. The number of H-pyrrole nitrogens is 1. The average molecular weight is 403 g/mol. The molecule has 1 fully saturated rings. The van der Waals surface area contributed by atoms with Crippen molar-refractivity contribution in [1.29, 1.82) is 0 Å². The zero-order valence-corrected chi connectivity index (χ0v) is 16.3. The lowest BCUT2D eigenvalue weighted by Gasteiger charge is -2.26. The third kappa shape index (κ3) is 3.33. The first-order valence-corrected chi connectivity index (χ1v) is 9.94. The van der Waals surface area contributed by atoms with Crippen LogP contribution in [0.15, 0.2) is 59.1 Å². The molecule has 0 atom stereocenters. The maximum absolute atomic E-state index is 13.1. The van der Waals surface area contributed by atoms with Crippen molar-refractivity contribution in [2.24, 2.45) is 0 Å². The summed E-state index contributed by atoms with van der Waals surface area (Å²) in [5.41, 5.74) is 2.87. The Morgan fingerprint density at radius 3 is 2.57 bits per heavy atom. The Hall–Kier alpha value is -3.58. The molecular formula is C23H21N3O4. The minimum Gasteiger partial charge on any atom is -0.449 e. The molecule has 30 heavy (non-hydrogen) atoms. The summed E-state index contributed by atoms with van der Waals surface area (Å²) in [4.78, 5) is 30.9. The zero-order chi connectivity index (χ0) is 20.5. The van der Waals surface area contributed by atoms with Crippen LogP contribution in [0.5, 0.6) is 0 Å². The third-order valence-corrected chi connectivity index (χ3v) is 5.38. The van der Waals surface area contributed by atoms with Crippen molar-refractivity contribution < 1.29 is 18.7 Å². The Kier molecular flexibility index (Phi) is 4.72. The van der Waals surface area contributed by atoms with Gasteiger partial charge in [0.1, 0.15) is 11.3 Å². The summed E-state index contributed by atoms with van der Waals surface area (Å²) in [5, 5.41) is 4.65. The molecule has 2 amide bonds. The number of amides is 2. The van der Waals surface area contributed by atoms with E-state index >= 15 is 0 Å². The molecule has 1 aliphatic heterocycles. The van der Waals surface area contributed by atoms with Gasteiger partial charge in [-0.05, 0) is 23.8 Å². The number of carbonyl (C=O) groups is 2. The van der Waals surface area contributed by atoms with E-state index in [1.165, 1.54) is 0 Å². The molecule has 1 aliphatic rings. The van der Waals surface area contributed by atoms with Crippen molar-refractivity contribution in [1.82, 2.24) is 9.88 Å². The molecule has 0 bridgehead atoms. The Morgan fingerprint density at radius 2 is 1.73 bits per heavy atom. The van der Waals surface area contributed by atoms with Crippen LogP contribution >= 0.6 is 0 Å². The number of anilines is 1. The van der Waals surface area contributed by atoms with Crippen LogP contribution in [0.25, 0.3) is 21.9 Å². The second-order valence-corrected chi connectivity index (χ2v) is 7.29. The first-order valence-electron chi connectivity index (χ1n) is 9.94. The smallest absolute Gasteiger partial charge is 0.291 e. The number of rotatable bonds is 4. The Morgan fingerprint density at radius 1 is 1.00 bits per heavy atom. The van der Waals surface area contributed by atoms with E-state index in [4.69, 9.17) is 9.15 Å². The van der Waals surface area contributed by atoms with E-state index in [1.54, 1.807) is 11.0 Å². The summed E-state index contributed by atoms with van der Waals surface area (Å²) in [7, 11) is 0. The number of furan rings is 1. The Labute approximate surface area is 172 Å². The van der Waals surface area contributed by atoms with Gasteiger partial charge in [-0.3, -0.25) is 9.59 Å². The van der Waals surface area contributed by atoms with Crippen LogP contribution in [0.4, 0.5) is 5.69 Å². The minimum atomic E-state index is -0.239. The van der Waals surface area contributed by atoms with Crippen LogP contribution in [0, 0.1) is 0 Å². The fourth-order valence-electron chi connectivity index (χ4n) is 3.86. The first-order chi connectivity index (χ1) is 14.7. The number of nitrogens with one attached hydrogen (secondary N) is 2. The fourth-order valence-corrected chi connectivity index (χ4v) is 3.86. The molecule has 3 heterocycles. The topological polar surface area (TPSA) is 87.6 Å². The van der Waals surface area contributed by atoms with Gasteiger partial charge < -0.3 is 24.4 Å². The van der Waals surface area contributed by atoms with Crippen molar-refractivity contribution in [3.63, 3.8) is 0 Å². The molecule has 0 aliphatic carbocycles. The molecule has 2 aromatic carbocycles. The van der Waals surface area contributed by atoms with Crippen molar-refractivity contribution in [3.05, 3.63) is 66.1 Å². The van der Waals surface area contributed by atoms with E-state index in [2.05, 4.69) is 10.3 Å². The molecule has 0 radical (unpaired) electrons. The standard InChI is InChI=1S/C23H21N3O4/c27-20(13-15-14-24-18-7-3-1-5-16(15)18)25-21-17-6-2-4-8-19(17)30-22(21)23(28)26-9-11-29-12-10-26/h1-8,14,24H,9-13H2,(H,25,27). The van der Waals surface area contributed by atoms with Gasteiger partial charge in [0.05, 0.1) is 19.6 Å². The van der Waals surface area contributed by atoms with Gasteiger partial charge in [0.15, 0.2) is 0 Å². The maximum Gasteiger partial charge on any atom is 0.291 e. The monoisotopic (exact) mass is 403 g/mol. The molecule has 5 rings (SSSR count). The quantitative estimate of drug-likeness (QED) is 0.545. The van der Waals surface area contributed by atoms with E-state index in [9.17, 15) is 9.59 Å². The molecule has 7 heteroatoms. The van der Waals surface area contributed by atoms with Crippen LogP contribution in [0.1, 0.15) is 16.1 Å². The second-order valence-electron chi connectivity index (χ2n) is 7.29. The lowest BCUT2D eigenvalue weighted by Crippen LogP contribution is -2.40.